The molecule has 3 aromatic heterocycles. The average molecular weight is 435 g/mol. The van der Waals surface area contributed by atoms with Gasteiger partial charge < -0.3 is 4.52 Å². The fourth-order valence-corrected chi connectivity index (χ4v) is 3.77. The van der Waals surface area contributed by atoms with Crippen molar-refractivity contribution in [3.05, 3.63) is 89.0 Å². The Hall–Kier alpha value is -4.01. The molecule has 0 bridgehead atoms. The van der Waals surface area contributed by atoms with Gasteiger partial charge in [-0.15, -0.1) is 0 Å². The molecular weight excluding hydrogens is 419 g/mol. The van der Waals surface area contributed by atoms with Gasteiger partial charge in [-0.3, -0.25) is 0 Å². The number of nitrogens with zero attached hydrogens (tertiary/aromatic N) is 5. The first kappa shape index (κ1) is 19.9. The highest BCUT2D eigenvalue weighted by Crippen LogP contribution is 2.28. The van der Waals surface area contributed by atoms with Crippen molar-refractivity contribution >= 4 is 10.9 Å². The van der Waals surface area contributed by atoms with Crippen LogP contribution in [-0.2, 0) is 6.42 Å². The molecule has 6 nitrogen and oxygen atoms in total. The molecule has 0 unspecified atom stereocenters. The number of hydrogen-bond donors (Lipinski definition) is 0. The van der Waals surface area contributed by atoms with Crippen LogP contribution in [0.2, 0.25) is 0 Å². The molecule has 0 N–H and O–H groups in total. The summed E-state index contributed by atoms with van der Waals surface area (Å²) < 4.78 is 48.8. The summed E-state index contributed by atoms with van der Waals surface area (Å²) >= 11 is 0. The maximum Gasteiger partial charge on any atom is 0.251 e. The van der Waals surface area contributed by atoms with Crippen molar-refractivity contribution < 1.29 is 17.7 Å². The lowest BCUT2D eigenvalue weighted by Crippen LogP contribution is -2.05. The van der Waals surface area contributed by atoms with Gasteiger partial charge in [-0.1, -0.05) is 23.4 Å². The molecule has 0 fully saturated rings. The van der Waals surface area contributed by atoms with Crippen molar-refractivity contribution in [3.63, 3.8) is 0 Å². The average Bonchev–Trinajstić information content (AvgIpc) is 3.34. The zero-order valence-electron chi connectivity index (χ0n) is 17.1. The normalized spacial score (nSPS) is 11.4. The quantitative estimate of drug-likeness (QED) is 0.368. The van der Waals surface area contributed by atoms with Crippen LogP contribution in [0.15, 0.2) is 53.3 Å². The van der Waals surface area contributed by atoms with E-state index in [4.69, 9.17) is 4.52 Å². The minimum Gasteiger partial charge on any atom is -0.361 e. The van der Waals surface area contributed by atoms with Crippen LogP contribution in [-0.4, -0.2) is 24.9 Å². The van der Waals surface area contributed by atoms with E-state index in [1.54, 1.807) is 37.5 Å². The van der Waals surface area contributed by atoms with Crippen molar-refractivity contribution in [2.45, 2.75) is 20.3 Å². The number of rotatable bonds is 4. The van der Waals surface area contributed by atoms with Gasteiger partial charge in [0, 0.05) is 35.3 Å². The van der Waals surface area contributed by atoms with Crippen LogP contribution >= 0.6 is 0 Å². The minimum absolute atomic E-state index is 0.222. The molecule has 5 rings (SSSR count). The van der Waals surface area contributed by atoms with Crippen molar-refractivity contribution in [2.75, 3.05) is 0 Å². The highest BCUT2D eigenvalue weighted by molar-refractivity contribution is 5.83. The van der Waals surface area contributed by atoms with Gasteiger partial charge in [0.1, 0.15) is 11.6 Å². The summed E-state index contributed by atoms with van der Waals surface area (Å²) in [6, 6.07) is 8.85. The minimum atomic E-state index is -1.22. The fraction of sp³-hybridized carbons (Fsp3) is 0.130. The molecule has 0 atom stereocenters. The van der Waals surface area contributed by atoms with Crippen molar-refractivity contribution in [2.24, 2.45) is 0 Å². The standard InChI is InChI=1S/C23H16F3N5O/c1-12-21(13(2)32-30-12)14-10-27-23(28-11-14)31-20-6-4-3-5-15(20)19(29-31)9-16-17(24)7-8-18(25)22(16)26/h3-8,10-11H,9H2,1-2H3. The lowest BCUT2D eigenvalue weighted by Gasteiger charge is -2.04. The zero-order chi connectivity index (χ0) is 22.4. The second-order valence-corrected chi connectivity index (χ2v) is 7.35. The second-order valence-electron chi connectivity index (χ2n) is 7.35. The number of aryl methyl sites for hydroxylation is 2. The van der Waals surface area contributed by atoms with Crippen LogP contribution in [0.5, 0.6) is 0 Å². The maximum atomic E-state index is 14.2. The Kier molecular flexibility index (Phi) is 4.73. The van der Waals surface area contributed by atoms with Crippen LogP contribution in [0.4, 0.5) is 13.2 Å². The van der Waals surface area contributed by atoms with E-state index in [0.29, 0.717) is 22.4 Å². The molecule has 0 saturated carbocycles. The van der Waals surface area contributed by atoms with Gasteiger partial charge in [0.25, 0.3) is 5.95 Å². The summed E-state index contributed by atoms with van der Waals surface area (Å²) in [7, 11) is 0. The fourth-order valence-electron chi connectivity index (χ4n) is 3.77. The second kappa shape index (κ2) is 7.60. The predicted octanol–water partition coefficient (Wildman–Crippen LogP) is 5.10. The third-order valence-corrected chi connectivity index (χ3v) is 5.30. The summed E-state index contributed by atoms with van der Waals surface area (Å²) in [4.78, 5) is 8.84. The number of fused-ring (bicyclic) bond motifs is 1. The SMILES string of the molecule is Cc1noc(C)c1-c1cnc(-n2nc(Cc3c(F)ccc(F)c3F)c3ccccc32)nc1. The van der Waals surface area contributed by atoms with Gasteiger partial charge in [0.2, 0.25) is 0 Å². The van der Waals surface area contributed by atoms with E-state index in [9.17, 15) is 13.2 Å². The maximum absolute atomic E-state index is 14.2. The summed E-state index contributed by atoms with van der Waals surface area (Å²) in [5.41, 5.74) is 2.94. The lowest BCUT2D eigenvalue weighted by molar-refractivity contribution is 0.393. The Morgan fingerprint density at radius 3 is 2.38 bits per heavy atom. The van der Waals surface area contributed by atoms with E-state index in [1.165, 1.54) is 4.68 Å². The predicted molar refractivity (Wildman–Crippen MR) is 111 cm³/mol. The van der Waals surface area contributed by atoms with Gasteiger partial charge in [0.15, 0.2) is 11.6 Å². The molecule has 0 saturated heterocycles. The van der Waals surface area contributed by atoms with Crippen LogP contribution < -0.4 is 0 Å². The molecule has 9 heteroatoms. The first-order valence-electron chi connectivity index (χ1n) is 9.78. The number of para-hydroxylation sites is 1. The van der Waals surface area contributed by atoms with E-state index >= 15 is 0 Å². The molecule has 0 radical (unpaired) electrons. The molecule has 5 aromatic rings. The lowest BCUT2D eigenvalue weighted by atomic mass is 10.1. The Morgan fingerprint density at radius 1 is 0.938 bits per heavy atom. The van der Waals surface area contributed by atoms with Crippen LogP contribution in [0.1, 0.15) is 22.7 Å². The number of aromatic nitrogens is 5. The first-order chi connectivity index (χ1) is 15.4. The van der Waals surface area contributed by atoms with E-state index < -0.39 is 17.5 Å². The summed E-state index contributed by atoms with van der Waals surface area (Å²) in [6.45, 7) is 3.64. The zero-order valence-corrected chi connectivity index (χ0v) is 17.1. The summed E-state index contributed by atoms with van der Waals surface area (Å²) in [5.74, 6) is -2.22. The molecule has 2 aromatic carbocycles. The van der Waals surface area contributed by atoms with E-state index in [-0.39, 0.29) is 17.9 Å². The Morgan fingerprint density at radius 2 is 1.66 bits per heavy atom. The van der Waals surface area contributed by atoms with Crippen molar-refractivity contribution in [1.29, 1.82) is 0 Å². The highest BCUT2D eigenvalue weighted by Gasteiger charge is 2.20. The van der Waals surface area contributed by atoms with Gasteiger partial charge in [-0.05, 0) is 32.0 Å². The molecular formula is C23H16F3N5O. The van der Waals surface area contributed by atoms with E-state index in [2.05, 4.69) is 20.2 Å². The topological polar surface area (TPSA) is 69.6 Å². The van der Waals surface area contributed by atoms with E-state index in [1.807, 2.05) is 13.0 Å². The molecule has 160 valence electrons. The third-order valence-electron chi connectivity index (χ3n) is 5.30. The van der Waals surface area contributed by atoms with Crippen molar-refractivity contribution in [3.8, 4) is 17.1 Å². The van der Waals surface area contributed by atoms with Gasteiger partial charge in [0.05, 0.1) is 22.5 Å². The smallest absolute Gasteiger partial charge is 0.251 e. The number of hydrogen-bond acceptors (Lipinski definition) is 5. The molecule has 0 spiro atoms. The third kappa shape index (κ3) is 3.22. The Bertz CT molecular complexity index is 1440. The first-order valence-corrected chi connectivity index (χ1v) is 9.78. The molecule has 0 aliphatic heterocycles. The van der Waals surface area contributed by atoms with Gasteiger partial charge >= 0.3 is 0 Å². The monoisotopic (exact) mass is 435 g/mol. The van der Waals surface area contributed by atoms with Crippen LogP contribution in [0, 0.1) is 31.3 Å². The Labute approximate surface area is 180 Å². The molecule has 0 aliphatic carbocycles. The van der Waals surface area contributed by atoms with Crippen LogP contribution in [0.25, 0.3) is 28.0 Å². The van der Waals surface area contributed by atoms with Crippen LogP contribution in [0.3, 0.4) is 0 Å². The van der Waals surface area contributed by atoms with Gasteiger partial charge in [-0.2, -0.15) is 9.78 Å². The van der Waals surface area contributed by atoms with E-state index in [0.717, 1.165) is 29.0 Å². The Balaban J connectivity index is 1.59. The summed E-state index contributed by atoms with van der Waals surface area (Å²) in [5, 5.41) is 9.10. The van der Waals surface area contributed by atoms with Gasteiger partial charge in [-0.25, -0.2) is 23.1 Å². The number of halogens is 3. The molecule has 32 heavy (non-hydrogen) atoms. The largest absolute Gasteiger partial charge is 0.361 e. The number of benzene rings is 2. The molecule has 3 heterocycles. The molecule has 0 amide bonds. The molecule has 0 aliphatic rings. The highest BCUT2D eigenvalue weighted by atomic mass is 19.2. The summed E-state index contributed by atoms with van der Waals surface area (Å²) in [6.07, 6.45) is 3.05. The van der Waals surface area contributed by atoms with Crippen molar-refractivity contribution in [1.82, 2.24) is 24.9 Å².